The zero-order valence-electron chi connectivity index (χ0n) is 26.8. The Hall–Kier alpha value is -3.99. The highest BCUT2D eigenvalue weighted by Crippen LogP contribution is 2.51. The third-order valence-corrected chi connectivity index (χ3v) is 9.38. The van der Waals surface area contributed by atoms with Crippen LogP contribution in [0.2, 0.25) is 0 Å². The molecule has 4 heterocycles. The molecule has 0 bridgehead atoms. The molecule has 2 aliphatic heterocycles. The highest BCUT2D eigenvalue weighted by atomic mass is 16.6. The minimum Gasteiger partial charge on any atom is -0.490 e. The van der Waals surface area contributed by atoms with Crippen LogP contribution in [-0.4, -0.2) is 79.9 Å². The third kappa shape index (κ3) is 6.14. The molecule has 45 heavy (non-hydrogen) atoms. The standard InChI is InChI=1S/C34H43N5O6/c1-22(40)38-15-13-23(14-16-38)30-36-29(37-45-30)24-17-26(19-35-18-24)34(42,25-9-11-28(12-10-25)43-27-7-6-8-27)33(5)20-39(21-33)31(41)44-32(2,3)4/h9-12,17-19,23,27,42H,6-8,13-16,20-21H2,1-5H3/t34-/m0/s1. The molecule has 1 aromatic carbocycles. The van der Waals surface area contributed by atoms with Gasteiger partial charge in [-0.05, 0) is 76.6 Å². The monoisotopic (exact) mass is 617 g/mol. The van der Waals surface area contributed by atoms with E-state index in [2.05, 4.69) is 10.1 Å². The van der Waals surface area contributed by atoms with Gasteiger partial charge in [0.2, 0.25) is 17.6 Å². The first kappa shape index (κ1) is 31.0. The Morgan fingerprint density at radius 1 is 1.00 bits per heavy atom. The zero-order valence-corrected chi connectivity index (χ0v) is 26.8. The molecule has 2 aromatic heterocycles. The number of aliphatic hydroxyl groups is 1. The van der Waals surface area contributed by atoms with Gasteiger partial charge in [-0.15, -0.1) is 0 Å². The molecule has 240 valence electrons. The number of carbonyl (C=O) groups is 2. The van der Waals surface area contributed by atoms with Crippen molar-refractivity contribution in [3.63, 3.8) is 0 Å². The van der Waals surface area contributed by atoms with E-state index in [1.807, 2.05) is 62.9 Å². The Morgan fingerprint density at radius 3 is 2.29 bits per heavy atom. The van der Waals surface area contributed by atoms with Crippen molar-refractivity contribution in [3.8, 4) is 17.1 Å². The van der Waals surface area contributed by atoms with Gasteiger partial charge in [-0.25, -0.2) is 4.79 Å². The molecule has 0 radical (unpaired) electrons. The van der Waals surface area contributed by atoms with Crippen LogP contribution in [-0.2, 0) is 15.1 Å². The predicted molar refractivity (Wildman–Crippen MR) is 165 cm³/mol. The van der Waals surface area contributed by atoms with Gasteiger partial charge in [0.1, 0.15) is 17.0 Å². The molecule has 1 aliphatic carbocycles. The maximum atomic E-state index is 12.9. The molecular formula is C34H43N5O6. The van der Waals surface area contributed by atoms with Crippen LogP contribution in [0.1, 0.15) is 89.7 Å². The maximum absolute atomic E-state index is 12.9. The number of pyridine rings is 1. The summed E-state index contributed by atoms with van der Waals surface area (Å²) in [5, 5.41) is 17.0. The van der Waals surface area contributed by atoms with Crippen molar-refractivity contribution in [1.29, 1.82) is 0 Å². The van der Waals surface area contributed by atoms with E-state index in [0.717, 1.165) is 31.4 Å². The quantitative estimate of drug-likeness (QED) is 0.376. The number of rotatable bonds is 7. The second-order valence-corrected chi connectivity index (χ2v) is 14.0. The summed E-state index contributed by atoms with van der Waals surface area (Å²) in [5.41, 5.74) is -1.07. The second-order valence-electron chi connectivity index (χ2n) is 14.0. The number of hydrogen-bond acceptors (Lipinski definition) is 9. The molecule has 0 spiro atoms. The minimum atomic E-state index is -1.52. The van der Waals surface area contributed by atoms with Gasteiger partial charge >= 0.3 is 6.09 Å². The van der Waals surface area contributed by atoms with Crippen LogP contribution in [0.3, 0.4) is 0 Å². The summed E-state index contributed by atoms with van der Waals surface area (Å²) < 4.78 is 17.4. The van der Waals surface area contributed by atoms with Crippen LogP contribution in [0.4, 0.5) is 4.79 Å². The Bertz CT molecular complexity index is 1530. The largest absolute Gasteiger partial charge is 0.490 e. The number of carbonyl (C=O) groups excluding carboxylic acids is 2. The van der Waals surface area contributed by atoms with Gasteiger partial charge in [0.05, 0.1) is 6.10 Å². The van der Waals surface area contributed by atoms with Gasteiger partial charge in [-0.2, -0.15) is 4.98 Å². The van der Waals surface area contributed by atoms with Gasteiger partial charge in [-0.1, -0.05) is 24.2 Å². The first-order chi connectivity index (χ1) is 21.3. The van der Waals surface area contributed by atoms with Crippen LogP contribution in [0.15, 0.2) is 47.2 Å². The van der Waals surface area contributed by atoms with Crippen LogP contribution in [0, 0.1) is 5.41 Å². The maximum Gasteiger partial charge on any atom is 0.410 e. The fourth-order valence-corrected chi connectivity index (χ4v) is 6.52. The topological polar surface area (TPSA) is 131 Å². The molecule has 3 fully saturated rings. The lowest BCUT2D eigenvalue weighted by molar-refractivity contribution is -0.131. The van der Waals surface area contributed by atoms with E-state index in [0.29, 0.717) is 41.5 Å². The fourth-order valence-electron chi connectivity index (χ4n) is 6.52. The van der Waals surface area contributed by atoms with E-state index in [1.54, 1.807) is 24.2 Å². The summed E-state index contributed by atoms with van der Waals surface area (Å²) in [6.07, 6.45) is 7.94. The molecule has 2 amide bonds. The lowest BCUT2D eigenvalue weighted by Crippen LogP contribution is -2.66. The molecule has 1 saturated carbocycles. The van der Waals surface area contributed by atoms with Crippen molar-refractivity contribution in [3.05, 3.63) is 59.7 Å². The summed E-state index contributed by atoms with van der Waals surface area (Å²) in [5.74, 6) is 1.83. The number of benzene rings is 1. The number of piperidine rings is 1. The van der Waals surface area contributed by atoms with E-state index in [9.17, 15) is 14.7 Å². The molecule has 2 saturated heterocycles. The zero-order chi connectivity index (χ0) is 32.0. The summed E-state index contributed by atoms with van der Waals surface area (Å²) in [6, 6.07) is 9.42. The number of aromatic nitrogens is 3. The fraction of sp³-hybridized carbons (Fsp3) is 0.559. The number of hydrogen-bond donors (Lipinski definition) is 1. The average Bonchev–Trinajstić information content (AvgIpc) is 3.47. The van der Waals surface area contributed by atoms with Gasteiger partial charge in [0, 0.05) is 68.0 Å². The van der Waals surface area contributed by atoms with Gasteiger partial charge in [0.25, 0.3) is 0 Å². The summed E-state index contributed by atoms with van der Waals surface area (Å²) in [6.45, 7) is 11.0. The molecule has 6 rings (SSSR count). The molecule has 0 unspecified atom stereocenters. The minimum absolute atomic E-state index is 0.0725. The van der Waals surface area contributed by atoms with E-state index in [1.165, 1.54) is 6.42 Å². The van der Waals surface area contributed by atoms with Crippen molar-refractivity contribution >= 4 is 12.0 Å². The Labute approximate surface area is 263 Å². The summed E-state index contributed by atoms with van der Waals surface area (Å²) in [4.78, 5) is 37.3. The van der Waals surface area contributed by atoms with Gasteiger partial charge < -0.3 is 28.9 Å². The molecule has 11 heteroatoms. The SMILES string of the molecule is CC(=O)N1CCC(c2nc(-c3cncc([C@@](O)(c4ccc(OC5CCC5)cc4)C4(C)CN(C(=O)OC(C)(C)C)C4)c3)no2)CC1. The Morgan fingerprint density at radius 2 is 1.69 bits per heavy atom. The van der Waals surface area contributed by atoms with E-state index < -0.39 is 22.7 Å². The van der Waals surface area contributed by atoms with Crippen molar-refractivity contribution in [1.82, 2.24) is 24.9 Å². The molecule has 1 N–H and O–H groups in total. The molecule has 11 nitrogen and oxygen atoms in total. The first-order valence-corrected chi connectivity index (χ1v) is 15.9. The predicted octanol–water partition coefficient (Wildman–Crippen LogP) is 5.28. The normalized spacial score (nSPS) is 20.1. The molecule has 3 aromatic rings. The number of ether oxygens (including phenoxy) is 2. The van der Waals surface area contributed by atoms with Crippen LogP contribution >= 0.6 is 0 Å². The van der Waals surface area contributed by atoms with Crippen LogP contribution in [0.25, 0.3) is 11.4 Å². The van der Waals surface area contributed by atoms with Crippen molar-refractivity contribution in [2.75, 3.05) is 26.2 Å². The smallest absolute Gasteiger partial charge is 0.410 e. The molecule has 3 aliphatic rings. The first-order valence-electron chi connectivity index (χ1n) is 15.9. The number of amides is 2. The van der Waals surface area contributed by atoms with Crippen molar-refractivity contribution in [2.45, 2.75) is 89.9 Å². The van der Waals surface area contributed by atoms with Crippen LogP contribution in [0.5, 0.6) is 5.75 Å². The van der Waals surface area contributed by atoms with E-state index in [-0.39, 0.29) is 31.0 Å². The van der Waals surface area contributed by atoms with Crippen molar-refractivity contribution < 1.29 is 28.7 Å². The number of nitrogens with zero attached hydrogens (tertiary/aromatic N) is 5. The van der Waals surface area contributed by atoms with Gasteiger partial charge in [-0.3, -0.25) is 9.78 Å². The second kappa shape index (κ2) is 11.7. The highest BCUT2D eigenvalue weighted by molar-refractivity contribution is 5.73. The average molecular weight is 618 g/mol. The van der Waals surface area contributed by atoms with Gasteiger partial charge in [0.15, 0.2) is 0 Å². The van der Waals surface area contributed by atoms with Crippen molar-refractivity contribution in [2.24, 2.45) is 5.41 Å². The van der Waals surface area contributed by atoms with Crippen LogP contribution < -0.4 is 4.74 Å². The third-order valence-electron chi connectivity index (χ3n) is 9.38. The Kier molecular flexibility index (Phi) is 8.09. The molecule has 1 atom stereocenters. The summed E-state index contributed by atoms with van der Waals surface area (Å²) in [7, 11) is 0. The molecular weight excluding hydrogens is 574 g/mol. The van der Waals surface area contributed by atoms with E-state index >= 15 is 0 Å². The highest BCUT2D eigenvalue weighted by Gasteiger charge is 2.58. The Balaban J connectivity index is 1.29. The lowest BCUT2D eigenvalue weighted by atomic mass is 9.62. The number of likely N-dealkylation sites (tertiary alicyclic amines) is 2. The van der Waals surface area contributed by atoms with E-state index in [4.69, 9.17) is 19.0 Å². The summed E-state index contributed by atoms with van der Waals surface area (Å²) >= 11 is 0. The lowest BCUT2D eigenvalue weighted by Gasteiger charge is -2.56.